The fourth-order valence-electron chi connectivity index (χ4n) is 1.87. The van der Waals surface area contributed by atoms with Gasteiger partial charge in [-0.15, -0.1) is 0 Å². The summed E-state index contributed by atoms with van der Waals surface area (Å²) < 4.78 is 10.6. The van der Waals surface area contributed by atoms with E-state index in [0.717, 1.165) is 5.56 Å². The number of rotatable bonds is 5. The van der Waals surface area contributed by atoms with Gasteiger partial charge in [0.1, 0.15) is 0 Å². The number of ether oxygens (including phenoxy) is 2. The molecular formula is C15H21BrO3. The number of alkyl halides is 1. The molecule has 19 heavy (non-hydrogen) atoms. The normalized spacial score (nSPS) is 12.9. The largest absolute Gasteiger partial charge is 0.493 e. The van der Waals surface area contributed by atoms with E-state index in [2.05, 4.69) is 15.9 Å². The summed E-state index contributed by atoms with van der Waals surface area (Å²) in [6.45, 7) is 5.77. The number of methoxy groups -OCH3 is 2. The van der Waals surface area contributed by atoms with Crippen molar-refractivity contribution in [3.05, 3.63) is 23.8 Å². The maximum Gasteiger partial charge on any atom is 0.163 e. The molecule has 3 nitrogen and oxygen atoms in total. The summed E-state index contributed by atoms with van der Waals surface area (Å²) in [5.41, 5.74) is 0.599. The van der Waals surface area contributed by atoms with E-state index in [9.17, 15) is 4.79 Å². The number of benzene rings is 1. The lowest BCUT2D eigenvalue weighted by atomic mass is 9.87. The molecule has 1 rings (SSSR count). The summed E-state index contributed by atoms with van der Waals surface area (Å²) in [6.07, 6.45) is 0.580. The Labute approximate surface area is 123 Å². The summed E-state index contributed by atoms with van der Waals surface area (Å²) in [4.78, 5) is 12.0. The first-order chi connectivity index (χ1) is 8.81. The van der Waals surface area contributed by atoms with Gasteiger partial charge < -0.3 is 9.47 Å². The zero-order valence-corrected chi connectivity index (χ0v) is 13.7. The van der Waals surface area contributed by atoms with Crippen molar-refractivity contribution in [2.45, 2.75) is 32.0 Å². The molecule has 0 fully saturated rings. The van der Waals surface area contributed by atoms with Crippen LogP contribution in [0.4, 0.5) is 0 Å². The molecule has 0 bridgehead atoms. The standard InChI is InChI=1S/C15H21BrO3/c1-15(2,3)14(17)11(16)9-10-7-6-8-12(18-4)13(10)19-5/h6-8,11H,9H2,1-5H3. The second kappa shape index (κ2) is 6.42. The number of Topliss-reactive ketones (excluding diaryl/α,β-unsaturated/α-hetero) is 1. The quantitative estimate of drug-likeness (QED) is 0.774. The number of hydrogen-bond donors (Lipinski definition) is 0. The Morgan fingerprint density at radius 3 is 2.37 bits per heavy atom. The third-order valence-electron chi connectivity index (χ3n) is 2.91. The minimum absolute atomic E-state index is 0.178. The number of hydrogen-bond acceptors (Lipinski definition) is 3. The molecule has 1 aromatic carbocycles. The highest BCUT2D eigenvalue weighted by atomic mass is 79.9. The van der Waals surface area contributed by atoms with Crippen LogP contribution in [0.2, 0.25) is 0 Å². The number of halogens is 1. The number of para-hydroxylation sites is 1. The van der Waals surface area contributed by atoms with Crippen LogP contribution in [0.15, 0.2) is 18.2 Å². The molecule has 1 unspecified atom stereocenters. The predicted octanol–water partition coefficient (Wildman–Crippen LogP) is 3.63. The molecule has 0 spiro atoms. The first kappa shape index (κ1) is 16.0. The van der Waals surface area contributed by atoms with Crippen LogP contribution >= 0.6 is 15.9 Å². The lowest BCUT2D eigenvalue weighted by Gasteiger charge is -2.21. The summed E-state index contributed by atoms with van der Waals surface area (Å²) in [5.74, 6) is 1.55. The van der Waals surface area contributed by atoms with Crippen LogP contribution in [0.25, 0.3) is 0 Å². The van der Waals surface area contributed by atoms with Gasteiger partial charge in [0.15, 0.2) is 17.3 Å². The molecule has 0 radical (unpaired) electrons. The van der Waals surface area contributed by atoms with Gasteiger partial charge in [0.2, 0.25) is 0 Å². The lowest BCUT2D eigenvalue weighted by molar-refractivity contribution is -0.125. The van der Waals surface area contributed by atoms with E-state index in [-0.39, 0.29) is 16.0 Å². The van der Waals surface area contributed by atoms with Crippen molar-refractivity contribution in [1.29, 1.82) is 0 Å². The second-order valence-corrected chi connectivity index (χ2v) is 6.54. The topological polar surface area (TPSA) is 35.5 Å². The van der Waals surface area contributed by atoms with Gasteiger partial charge in [-0.25, -0.2) is 0 Å². The summed E-state index contributed by atoms with van der Waals surface area (Å²) >= 11 is 3.48. The molecule has 0 aliphatic heterocycles. The van der Waals surface area contributed by atoms with Gasteiger partial charge in [-0.05, 0) is 18.1 Å². The van der Waals surface area contributed by atoms with Gasteiger partial charge >= 0.3 is 0 Å². The van der Waals surface area contributed by atoms with Crippen LogP contribution in [0.3, 0.4) is 0 Å². The second-order valence-electron chi connectivity index (χ2n) is 5.44. The van der Waals surface area contributed by atoms with E-state index in [1.807, 2.05) is 39.0 Å². The SMILES string of the molecule is COc1cccc(CC(Br)C(=O)C(C)(C)C)c1OC. The van der Waals surface area contributed by atoms with Gasteiger partial charge in [-0.3, -0.25) is 4.79 Å². The molecule has 0 aliphatic carbocycles. The zero-order chi connectivity index (χ0) is 14.6. The highest BCUT2D eigenvalue weighted by Crippen LogP contribution is 2.33. The van der Waals surface area contributed by atoms with Gasteiger partial charge in [-0.1, -0.05) is 48.8 Å². The maximum atomic E-state index is 12.2. The van der Waals surface area contributed by atoms with Crippen LogP contribution in [0.5, 0.6) is 11.5 Å². The summed E-state index contributed by atoms with van der Waals surface area (Å²) in [7, 11) is 3.21. The Balaban J connectivity index is 2.97. The molecule has 106 valence electrons. The van der Waals surface area contributed by atoms with Gasteiger partial charge in [0.05, 0.1) is 19.0 Å². The Kier molecular flexibility index (Phi) is 5.41. The Bertz CT molecular complexity index is 449. The molecule has 0 saturated carbocycles. The smallest absolute Gasteiger partial charge is 0.163 e. The molecule has 0 aromatic heterocycles. The van der Waals surface area contributed by atoms with Crippen molar-refractivity contribution < 1.29 is 14.3 Å². The van der Waals surface area contributed by atoms with Crippen LogP contribution in [-0.2, 0) is 11.2 Å². The monoisotopic (exact) mass is 328 g/mol. The van der Waals surface area contributed by atoms with E-state index >= 15 is 0 Å². The fourth-order valence-corrected chi connectivity index (χ4v) is 2.91. The van der Waals surface area contributed by atoms with Crippen LogP contribution in [0, 0.1) is 5.41 Å². The van der Waals surface area contributed by atoms with Crippen molar-refractivity contribution in [2.24, 2.45) is 5.41 Å². The minimum Gasteiger partial charge on any atom is -0.493 e. The van der Waals surface area contributed by atoms with Crippen molar-refractivity contribution in [3.8, 4) is 11.5 Å². The molecule has 1 atom stereocenters. The van der Waals surface area contributed by atoms with Gasteiger partial charge in [-0.2, -0.15) is 0 Å². The minimum atomic E-state index is -0.361. The van der Waals surface area contributed by atoms with Gasteiger partial charge in [0.25, 0.3) is 0 Å². The van der Waals surface area contributed by atoms with Crippen molar-refractivity contribution in [1.82, 2.24) is 0 Å². The summed E-state index contributed by atoms with van der Waals surface area (Å²) in [6, 6.07) is 5.70. The average molecular weight is 329 g/mol. The highest BCUT2D eigenvalue weighted by Gasteiger charge is 2.28. The average Bonchev–Trinajstić information content (AvgIpc) is 2.36. The molecule has 0 amide bonds. The van der Waals surface area contributed by atoms with E-state index in [4.69, 9.17) is 9.47 Å². The molecule has 1 aromatic rings. The van der Waals surface area contributed by atoms with Crippen molar-refractivity contribution in [2.75, 3.05) is 14.2 Å². The highest BCUT2D eigenvalue weighted by molar-refractivity contribution is 9.10. The van der Waals surface area contributed by atoms with E-state index in [0.29, 0.717) is 17.9 Å². The van der Waals surface area contributed by atoms with Crippen molar-refractivity contribution in [3.63, 3.8) is 0 Å². The van der Waals surface area contributed by atoms with Crippen LogP contribution in [0.1, 0.15) is 26.3 Å². The Morgan fingerprint density at radius 2 is 1.89 bits per heavy atom. The van der Waals surface area contributed by atoms with Gasteiger partial charge in [0, 0.05) is 5.41 Å². The molecule has 0 N–H and O–H groups in total. The summed E-state index contributed by atoms with van der Waals surface area (Å²) in [5, 5.41) is 0. The van der Waals surface area contributed by atoms with Crippen LogP contribution < -0.4 is 9.47 Å². The molecule has 4 heteroatoms. The Morgan fingerprint density at radius 1 is 1.26 bits per heavy atom. The molecule has 0 aliphatic rings. The molecule has 0 saturated heterocycles. The molecular weight excluding hydrogens is 308 g/mol. The van der Waals surface area contributed by atoms with E-state index < -0.39 is 0 Å². The van der Waals surface area contributed by atoms with Crippen LogP contribution in [-0.4, -0.2) is 24.8 Å². The third-order valence-corrected chi connectivity index (χ3v) is 3.65. The zero-order valence-electron chi connectivity index (χ0n) is 12.1. The Hall–Kier alpha value is -1.03. The van der Waals surface area contributed by atoms with E-state index in [1.165, 1.54) is 0 Å². The first-order valence-corrected chi connectivity index (χ1v) is 7.11. The number of carbonyl (C=O) groups is 1. The number of carbonyl (C=O) groups excluding carboxylic acids is 1. The maximum absolute atomic E-state index is 12.2. The predicted molar refractivity (Wildman–Crippen MR) is 80.4 cm³/mol. The fraction of sp³-hybridized carbons (Fsp3) is 0.533. The lowest BCUT2D eigenvalue weighted by Crippen LogP contribution is -2.30. The first-order valence-electron chi connectivity index (χ1n) is 6.19. The van der Waals surface area contributed by atoms with E-state index in [1.54, 1.807) is 14.2 Å². The molecule has 0 heterocycles. The number of ketones is 1. The third kappa shape index (κ3) is 3.96. The van der Waals surface area contributed by atoms with Crippen molar-refractivity contribution >= 4 is 21.7 Å².